The monoisotopic (exact) mass is 213 g/mol. The minimum absolute atomic E-state index is 0.709. The number of rotatable bonds is 5. The molecule has 0 aromatic heterocycles. The van der Waals surface area contributed by atoms with E-state index in [-0.39, 0.29) is 0 Å². The fraction of sp³-hybridized carbons (Fsp3) is 1.00. The van der Waals surface area contributed by atoms with Crippen molar-refractivity contribution >= 4 is 0 Å². The molecule has 15 heavy (non-hydrogen) atoms. The molecule has 1 rings (SSSR count). The first kappa shape index (κ1) is 12.9. The van der Waals surface area contributed by atoms with Gasteiger partial charge in [-0.1, -0.05) is 6.92 Å². The molecule has 0 aliphatic carbocycles. The fourth-order valence-electron chi connectivity index (χ4n) is 2.28. The van der Waals surface area contributed by atoms with Gasteiger partial charge < -0.3 is 10.2 Å². The van der Waals surface area contributed by atoms with Crippen LogP contribution in [-0.2, 0) is 0 Å². The summed E-state index contributed by atoms with van der Waals surface area (Å²) in [6, 6.07) is 0.709. The highest BCUT2D eigenvalue weighted by Gasteiger charge is 2.18. The van der Waals surface area contributed by atoms with Crippen molar-refractivity contribution in [1.82, 2.24) is 15.1 Å². The highest BCUT2D eigenvalue weighted by molar-refractivity contribution is 4.75. The van der Waals surface area contributed by atoms with Crippen molar-refractivity contribution in [1.29, 1.82) is 0 Å². The molecule has 0 spiro atoms. The number of nitrogens with zero attached hydrogens (tertiary/aromatic N) is 2. The van der Waals surface area contributed by atoms with Crippen LogP contribution in [0.25, 0.3) is 0 Å². The van der Waals surface area contributed by atoms with Crippen molar-refractivity contribution in [3.8, 4) is 0 Å². The van der Waals surface area contributed by atoms with Gasteiger partial charge in [-0.2, -0.15) is 0 Å². The van der Waals surface area contributed by atoms with Gasteiger partial charge in [0.1, 0.15) is 0 Å². The van der Waals surface area contributed by atoms with Gasteiger partial charge >= 0.3 is 0 Å². The summed E-state index contributed by atoms with van der Waals surface area (Å²) < 4.78 is 0. The van der Waals surface area contributed by atoms with E-state index >= 15 is 0 Å². The lowest BCUT2D eigenvalue weighted by Gasteiger charge is -2.27. The van der Waals surface area contributed by atoms with Crippen molar-refractivity contribution < 1.29 is 0 Å². The molecule has 0 saturated carbocycles. The first-order valence-corrected chi connectivity index (χ1v) is 6.37. The summed E-state index contributed by atoms with van der Waals surface area (Å²) in [6.45, 7) is 11.8. The van der Waals surface area contributed by atoms with Crippen LogP contribution in [0.1, 0.15) is 26.7 Å². The van der Waals surface area contributed by atoms with E-state index in [0.29, 0.717) is 6.04 Å². The van der Waals surface area contributed by atoms with Crippen molar-refractivity contribution in [3.05, 3.63) is 0 Å². The summed E-state index contributed by atoms with van der Waals surface area (Å²) in [5.41, 5.74) is 0. The molecule has 0 radical (unpaired) electrons. The summed E-state index contributed by atoms with van der Waals surface area (Å²) in [4.78, 5) is 5.07. The van der Waals surface area contributed by atoms with Crippen LogP contribution in [0, 0.1) is 0 Å². The molecule has 0 bridgehead atoms. The van der Waals surface area contributed by atoms with Crippen molar-refractivity contribution in [3.63, 3.8) is 0 Å². The Bertz CT molecular complexity index is 161. The minimum atomic E-state index is 0.709. The Balaban J connectivity index is 2.20. The first-order valence-electron chi connectivity index (χ1n) is 6.37. The molecule has 90 valence electrons. The van der Waals surface area contributed by atoms with Gasteiger partial charge in [0, 0.05) is 25.7 Å². The summed E-state index contributed by atoms with van der Waals surface area (Å²) in [6.07, 6.45) is 2.55. The Kier molecular flexibility index (Phi) is 6.22. The lowest BCUT2D eigenvalue weighted by atomic mass is 10.2. The van der Waals surface area contributed by atoms with Gasteiger partial charge in [0.15, 0.2) is 0 Å². The molecule has 0 aromatic rings. The molecule has 0 amide bonds. The Morgan fingerprint density at radius 2 is 2.07 bits per heavy atom. The molecule has 3 nitrogen and oxygen atoms in total. The van der Waals surface area contributed by atoms with E-state index in [2.05, 4.69) is 36.0 Å². The van der Waals surface area contributed by atoms with Crippen LogP contribution in [0.3, 0.4) is 0 Å². The van der Waals surface area contributed by atoms with E-state index in [9.17, 15) is 0 Å². The summed E-state index contributed by atoms with van der Waals surface area (Å²) >= 11 is 0. The SMILES string of the molecule is CCCNCCN1CCCN(C)CC1C. The summed E-state index contributed by atoms with van der Waals surface area (Å²) in [5.74, 6) is 0. The van der Waals surface area contributed by atoms with Crippen molar-refractivity contribution in [2.75, 3.05) is 46.3 Å². The average Bonchev–Trinajstić information content (AvgIpc) is 2.35. The second-order valence-corrected chi connectivity index (χ2v) is 4.75. The fourth-order valence-corrected chi connectivity index (χ4v) is 2.28. The quantitative estimate of drug-likeness (QED) is 0.688. The number of hydrogen-bond donors (Lipinski definition) is 1. The molecular formula is C12H27N3. The van der Waals surface area contributed by atoms with Gasteiger partial charge in [0.05, 0.1) is 0 Å². The molecule has 1 aliphatic rings. The third kappa shape index (κ3) is 4.96. The van der Waals surface area contributed by atoms with Crippen molar-refractivity contribution in [2.45, 2.75) is 32.7 Å². The lowest BCUT2D eigenvalue weighted by Crippen LogP contribution is -2.41. The number of likely N-dealkylation sites (N-methyl/N-ethyl adjacent to an activating group) is 1. The maximum atomic E-state index is 3.48. The van der Waals surface area contributed by atoms with Crippen molar-refractivity contribution in [2.24, 2.45) is 0 Å². The summed E-state index contributed by atoms with van der Waals surface area (Å²) in [7, 11) is 2.23. The Labute approximate surface area is 94.8 Å². The van der Waals surface area contributed by atoms with Crippen LogP contribution in [-0.4, -0.2) is 62.2 Å². The zero-order chi connectivity index (χ0) is 11.1. The molecule has 3 heteroatoms. The van der Waals surface area contributed by atoms with Gasteiger partial charge in [-0.3, -0.25) is 4.90 Å². The van der Waals surface area contributed by atoms with E-state index in [0.717, 1.165) is 13.1 Å². The number of nitrogens with one attached hydrogen (secondary N) is 1. The Morgan fingerprint density at radius 1 is 1.27 bits per heavy atom. The highest BCUT2D eigenvalue weighted by Crippen LogP contribution is 2.07. The van der Waals surface area contributed by atoms with E-state index in [1.54, 1.807) is 0 Å². The molecule has 1 unspecified atom stereocenters. The normalized spacial score (nSPS) is 25.4. The molecule has 1 atom stereocenters. The van der Waals surface area contributed by atoms with Gasteiger partial charge in [-0.05, 0) is 46.4 Å². The summed E-state index contributed by atoms with van der Waals surface area (Å²) in [5, 5.41) is 3.48. The van der Waals surface area contributed by atoms with Crippen LogP contribution in [0.5, 0.6) is 0 Å². The maximum Gasteiger partial charge on any atom is 0.0195 e. The van der Waals surface area contributed by atoms with Gasteiger partial charge in [-0.25, -0.2) is 0 Å². The van der Waals surface area contributed by atoms with Gasteiger partial charge in [-0.15, -0.1) is 0 Å². The maximum absolute atomic E-state index is 3.48. The van der Waals surface area contributed by atoms with E-state index < -0.39 is 0 Å². The Hall–Kier alpha value is -0.120. The second kappa shape index (κ2) is 7.20. The third-order valence-electron chi connectivity index (χ3n) is 3.19. The standard InChI is InChI=1S/C12H27N3/c1-4-6-13-7-10-15-9-5-8-14(3)11-12(15)2/h12-13H,4-11H2,1-3H3. The minimum Gasteiger partial charge on any atom is -0.315 e. The van der Waals surface area contributed by atoms with Gasteiger partial charge in [0.25, 0.3) is 0 Å². The number of hydrogen-bond acceptors (Lipinski definition) is 3. The third-order valence-corrected chi connectivity index (χ3v) is 3.19. The molecule has 1 saturated heterocycles. The zero-order valence-electron chi connectivity index (χ0n) is 10.6. The van der Waals surface area contributed by atoms with Crippen LogP contribution >= 0.6 is 0 Å². The van der Waals surface area contributed by atoms with E-state index in [1.807, 2.05) is 0 Å². The average molecular weight is 213 g/mol. The topological polar surface area (TPSA) is 18.5 Å². The highest BCUT2D eigenvalue weighted by atomic mass is 15.2. The van der Waals surface area contributed by atoms with Gasteiger partial charge in [0.2, 0.25) is 0 Å². The molecule has 1 N–H and O–H groups in total. The zero-order valence-corrected chi connectivity index (χ0v) is 10.6. The molecule has 0 aromatic carbocycles. The largest absolute Gasteiger partial charge is 0.315 e. The Morgan fingerprint density at radius 3 is 2.80 bits per heavy atom. The van der Waals surface area contributed by atoms with Crippen LogP contribution < -0.4 is 5.32 Å². The molecule has 1 heterocycles. The van der Waals surface area contributed by atoms with Crippen LogP contribution in [0.15, 0.2) is 0 Å². The lowest BCUT2D eigenvalue weighted by molar-refractivity contribution is 0.203. The smallest absolute Gasteiger partial charge is 0.0195 e. The second-order valence-electron chi connectivity index (χ2n) is 4.75. The molecule has 1 aliphatic heterocycles. The van der Waals surface area contributed by atoms with Crippen LogP contribution in [0.2, 0.25) is 0 Å². The molecular weight excluding hydrogens is 186 g/mol. The first-order chi connectivity index (χ1) is 7.24. The molecule has 1 fully saturated rings. The van der Waals surface area contributed by atoms with E-state index in [1.165, 1.54) is 39.0 Å². The van der Waals surface area contributed by atoms with E-state index in [4.69, 9.17) is 0 Å². The van der Waals surface area contributed by atoms with Crippen LogP contribution in [0.4, 0.5) is 0 Å². The predicted octanol–water partition coefficient (Wildman–Crippen LogP) is 1.01. The predicted molar refractivity (Wildman–Crippen MR) is 66.3 cm³/mol.